The molecule has 2 fully saturated rings. The van der Waals surface area contributed by atoms with Crippen LogP contribution in [-0.4, -0.2) is 72.1 Å². The Morgan fingerprint density at radius 1 is 1.29 bits per heavy atom. The summed E-state index contributed by atoms with van der Waals surface area (Å²) in [5.41, 5.74) is 1.06. The lowest BCUT2D eigenvalue weighted by molar-refractivity contribution is -0.204. The number of rotatable bonds is 5. The number of carbonyl (C=O) groups is 1. The molecule has 1 saturated heterocycles. The van der Waals surface area contributed by atoms with Crippen LogP contribution in [0.3, 0.4) is 0 Å². The van der Waals surface area contributed by atoms with Gasteiger partial charge in [0.15, 0.2) is 11.5 Å². The minimum Gasteiger partial charge on any atom is -0.504 e. The molecule has 2 bridgehead atoms. The van der Waals surface area contributed by atoms with Crippen molar-refractivity contribution in [2.75, 3.05) is 20.7 Å². The molecule has 2 aliphatic heterocycles. The number of aromatic hydroxyl groups is 1. The maximum Gasteiger partial charge on any atom is 0.323 e. The minimum absolute atomic E-state index is 0.0609. The second-order valence-electron chi connectivity index (χ2n) is 12.1. The van der Waals surface area contributed by atoms with Crippen LogP contribution in [0.15, 0.2) is 12.1 Å². The number of ether oxygens (including phenoxy) is 3. The molecule has 1 aromatic rings. The number of piperidine rings is 1. The Labute approximate surface area is 203 Å². The highest BCUT2D eigenvalue weighted by molar-refractivity contribution is 5.76. The first kappa shape index (κ1) is 23.9. The standard InChI is InChI=1S/C27H40N2O5/c1-15(2)21(24(31)34-25(3,4)5)28-17-10-11-27(32-7)19-14-16-8-9-18(30)22-20(16)26(27,23(17)33-22)12-13-29(19)6/h8-9,15,17,19,21,23,28,30H,10-14H2,1-7H3/t17-,19?,21+,23-,26?,27+/m0/s1. The summed E-state index contributed by atoms with van der Waals surface area (Å²) in [5, 5.41) is 14.5. The van der Waals surface area contributed by atoms with Gasteiger partial charge in [0.05, 0.1) is 11.0 Å². The van der Waals surface area contributed by atoms with Gasteiger partial charge >= 0.3 is 5.97 Å². The summed E-state index contributed by atoms with van der Waals surface area (Å²) in [6, 6.07) is 3.56. The number of benzene rings is 1. The van der Waals surface area contributed by atoms with E-state index in [4.69, 9.17) is 14.2 Å². The van der Waals surface area contributed by atoms with E-state index in [1.165, 1.54) is 5.56 Å². The molecule has 2 N–H and O–H groups in total. The first-order valence-corrected chi connectivity index (χ1v) is 12.7. The van der Waals surface area contributed by atoms with Crippen LogP contribution in [-0.2, 0) is 26.1 Å². The third-order valence-electron chi connectivity index (χ3n) is 8.77. The van der Waals surface area contributed by atoms with E-state index in [2.05, 4.69) is 23.3 Å². The van der Waals surface area contributed by atoms with E-state index >= 15 is 0 Å². The fourth-order valence-electron chi connectivity index (χ4n) is 7.44. The van der Waals surface area contributed by atoms with Crippen LogP contribution in [0.25, 0.3) is 0 Å². The van der Waals surface area contributed by atoms with Crippen molar-refractivity contribution in [1.82, 2.24) is 10.2 Å². The topological polar surface area (TPSA) is 80.3 Å². The summed E-state index contributed by atoms with van der Waals surface area (Å²) in [6.07, 6.45) is 3.22. The van der Waals surface area contributed by atoms with E-state index in [-0.39, 0.29) is 41.2 Å². The summed E-state index contributed by atoms with van der Waals surface area (Å²) >= 11 is 0. The second-order valence-corrected chi connectivity index (χ2v) is 12.1. The maximum absolute atomic E-state index is 13.1. The first-order chi connectivity index (χ1) is 15.9. The molecule has 0 aromatic heterocycles. The van der Waals surface area contributed by atoms with Crippen molar-refractivity contribution >= 4 is 5.97 Å². The molecule has 1 spiro atoms. The lowest BCUT2D eigenvalue weighted by atomic mass is 9.48. The number of carbonyl (C=O) groups excluding carboxylic acids is 1. The largest absolute Gasteiger partial charge is 0.504 e. The van der Waals surface area contributed by atoms with Crippen LogP contribution in [0.5, 0.6) is 11.5 Å². The molecule has 2 unspecified atom stereocenters. The number of likely N-dealkylation sites (N-methyl/N-ethyl adjacent to an activating group) is 1. The summed E-state index contributed by atoms with van der Waals surface area (Å²) in [7, 11) is 4.03. The lowest BCUT2D eigenvalue weighted by Crippen LogP contribution is -2.78. The molecular weight excluding hydrogens is 432 g/mol. The van der Waals surface area contributed by atoms with E-state index < -0.39 is 17.2 Å². The van der Waals surface area contributed by atoms with Gasteiger partial charge in [-0.2, -0.15) is 0 Å². The second kappa shape index (κ2) is 7.84. The van der Waals surface area contributed by atoms with Crippen molar-refractivity contribution in [1.29, 1.82) is 0 Å². The summed E-state index contributed by atoms with van der Waals surface area (Å²) in [5.74, 6) is 0.633. The number of hydrogen-bond acceptors (Lipinski definition) is 7. The van der Waals surface area contributed by atoms with Gasteiger partial charge in [-0.3, -0.25) is 10.1 Å². The number of phenols is 1. The third-order valence-corrected chi connectivity index (χ3v) is 8.77. The Hall–Kier alpha value is -1.83. The highest BCUT2D eigenvalue weighted by Gasteiger charge is 2.73. The highest BCUT2D eigenvalue weighted by Crippen LogP contribution is 2.66. The number of methoxy groups -OCH3 is 1. The molecule has 7 heteroatoms. The van der Waals surface area contributed by atoms with Crippen LogP contribution in [0.4, 0.5) is 0 Å². The minimum atomic E-state index is -0.548. The normalized spacial score (nSPS) is 35.0. The van der Waals surface area contributed by atoms with Crippen molar-refractivity contribution < 1.29 is 24.1 Å². The summed E-state index contributed by atoms with van der Waals surface area (Å²) < 4.78 is 19.0. The molecule has 1 aromatic carbocycles. The lowest BCUT2D eigenvalue weighted by Gasteiger charge is -2.65. The predicted octanol–water partition coefficient (Wildman–Crippen LogP) is 3.15. The number of nitrogens with zero attached hydrogens (tertiary/aromatic N) is 1. The van der Waals surface area contributed by atoms with Gasteiger partial charge in [0.2, 0.25) is 0 Å². The number of nitrogens with one attached hydrogen (secondary N) is 1. The number of esters is 1. The van der Waals surface area contributed by atoms with Gasteiger partial charge in [-0.1, -0.05) is 19.9 Å². The van der Waals surface area contributed by atoms with Crippen molar-refractivity contribution in [3.63, 3.8) is 0 Å². The molecule has 6 atom stereocenters. The number of hydrogen-bond donors (Lipinski definition) is 2. The average Bonchev–Trinajstić information content (AvgIpc) is 3.11. The molecule has 1 saturated carbocycles. The van der Waals surface area contributed by atoms with Gasteiger partial charge in [0.25, 0.3) is 0 Å². The zero-order chi connectivity index (χ0) is 24.6. The Balaban J connectivity index is 1.57. The molecule has 34 heavy (non-hydrogen) atoms. The van der Waals surface area contributed by atoms with Gasteiger partial charge in [-0.05, 0) is 77.6 Å². The SMILES string of the molecule is CO[C@@]12CC[C@H](N[C@@H](C(=O)OC(C)(C)C)C(C)C)[C@@H]3Oc4c(O)ccc5c4C31CCN(C)C2C5. The molecule has 188 valence electrons. The average molecular weight is 473 g/mol. The molecule has 0 amide bonds. The number of likely N-dealkylation sites (tertiary alicyclic amines) is 1. The molecule has 5 rings (SSSR count). The van der Waals surface area contributed by atoms with Gasteiger partial charge in [0.1, 0.15) is 17.7 Å². The van der Waals surface area contributed by atoms with E-state index in [0.29, 0.717) is 5.75 Å². The zero-order valence-corrected chi connectivity index (χ0v) is 21.6. The van der Waals surface area contributed by atoms with Crippen LogP contribution in [0, 0.1) is 5.92 Å². The zero-order valence-electron chi connectivity index (χ0n) is 21.6. The summed E-state index contributed by atoms with van der Waals surface area (Å²) in [6.45, 7) is 10.7. The van der Waals surface area contributed by atoms with E-state index in [1.54, 1.807) is 6.07 Å². The van der Waals surface area contributed by atoms with Crippen molar-refractivity contribution in [2.45, 2.75) is 101 Å². The van der Waals surface area contributed by atoms with Gasteiger partial charge < -0.3 is 24.2 Å². The molecule has 2 heterocycles. The van der Waals surface area contributed by atoms with E-state index in [1.807, 2.05) is 41.7 Å². The Bertz CT molecular complexity index is 988. The first-order valence-electron chi connectivity index (χ1n) is 12.7. The van der Waals surface area contributed by atoms with Crippen molar-refractivity contribution in [3.05, 3.63) is 23.3 Å². The fraction of sp³-hybridized carbons (Fsp3) is 0.741. The number of phenolic OH excluding ortho intramolecular Hbond substituents is 1. The third kappa shape index (κ3) is 3.16. The van der Waals surface area contributed by atoms with E-state index in [9.17, 15) is 9.90 Å². The monoisotopic (exact) mass is 472 g/mol. The molecule has 4 aliphatic rings. The van der Waals surface area contributed by atoms with Crippen LogP contribution >= 0.6 is 0 Å². The van der Waals surface area contributed by atoms with Crippen molar-refractivity contribution in [3.8, 4) is 11.5 Å². The van der Waals surface area contributed by atoms with E-state index in [0.717, 1.165) is 37.8 Å². The van der Waals surface area contributed by atoms with Crippen LogP contribution in [0.2, 0.25) is 0 Å². The molecule has 0 radical (unpaired) electrons. The van der Waals surface area contributed by atoms with Crippen LogP contribution < -0.4 is 10.1 Å². The molecular formula is C27H40N2O5. The van der Waals surface area contributed by atoms with Gasteiger partial charge in [0, 0.05) is 24.8 Å². The Morgan fingerprint density at radius 3 is 2.68 bits per heavy atom. The Morgan fingerprint density at radius 2 is 2.03 bits per heavy atom. The quantitative estimate of drug-likeness (QED) is 0.637. The predicted molar refractivity (Wildman–Crippen MR) is 129 cm³/mol. The van der Waals surface area contributed by atoms with Gasteiger partial charge in [-0.15, -0.1) is 0 Å². The molecule has 7 nitrogen and oxygen atoms in total. The highest BCUT2D eigenvalue weighted by atomic mass is 16.6. The smallest absolute Gasteiger partial charge is 0.323 e. The fourth-order valence-corrected chi connectivity index (χ4v) is 7.44. The summed E-state index contributed by atoms with van der Waals surface area (Å²) in [4.78, 5) is 15.6. The molecule has 2 aliphatic carbocycles. The van der Waals surface area contributed by atoms with Gasteiger partial charge in [-0.25, -0.2) is 0 Å². The van der Waals surface area contributed by atoms with Crippen LogP contribution in [0.1, 0.15) is 65.0 Å². The van der Waals surface area contributed by atoms with Crippen molar-refractivity contribution in [2.24, 2.45) is 5.92 Å². The Kier molecular flexibility index (Phi) is 5.51. The maximum atomic E-state index is 13.1.